The first-order valence-corrected chi connectivity index (χ1v) is 10.3. The van der Waals surface area contributed by atoms with Gasteiger partial charge in [-0.15, -0.1) is 0 Å². The number of fused-ring (bicyclic) bond motifs is 1. The third kappa shape index (κ3) is 4.30. The Morgan fingerprint density at radius 2 is 1.84 bits per heavy atom. The molecule has 0 unspecified atom stereocenters. The first-order valence-electron chi connectivity index (χ1n) is 10.3. The lowest BCUT2D eigenvalue weighted by molar-refractivity contribution is -0.118. The van der Waals surface area contributed by atoms with E-state index >= 15 is 0 Å². The monoisotopic (exact) mass is 444 g/mol. The number of amides is 1. The van der Waals surface area contributed by atoms with Gasteiger partial charge in [0.25, 0.3) is 6.43 Å². The highest BCUT2D eigenvalue weighted by molar-refractivity contribution is 5.90. The Labute approximate surface area is 183 Å². The number of halogens is 3. The molecule has 0 bridgehead atoms. The fourth-order valence-electron chi connectivity index (χ4n) is 3.83. The van der Waals surface area contributed by atoms with Crippen molar-refractivity contribution in [2.45, 2.75) is 26.3 Å². The van der Waals surface area contributed by atoms with Crippen molar-refractivity contribution in [1.82, 2.24) is 19.9 Å². The number of piperazine rings is 1. The van der Waals surface area contributed by atoms with E-state index in [1.165, 1.54) is 12.1 Å². The quantitative estimate of drug-likeness (QED) is 0.582. The normalized spacial score (nSPS) is 15.3. The van der Waals surface area contributed by atoms with Crippen LogP contribution < -0.4 is 10.2 Å². The van der Waals surface area contributed by atoms with E-state index in [1.54, 1.807) is 24.9 Å². The van der Waals surface area contributed by atoms with Crippen LogP contribution in [0, 0.1) is 12.7 Å². The third-order valence-corrected chi connectivity index (χ3v) is 5.58. The number of pyridine rings is 1. The summed E-state index contributed by atoms with van der Waals surface area (Å²) in [6, 6.07) is 5.23. The van der Waals surface area contributed by atoms with Crippen molar-refractivity contribution in [2.75, 3.05) is 36.4 Å². The molecule has 3 heterocycles. The second kappa shape index (κ2) is 8.97. The molecule has 168 valence electrons. The number of rotatable bonds is 6. The molecular weight excluding hydrogens is 421 g/mol. The summed E-state index contributed by atoms with van der Waals surface area (Å²) in [7, 11) is 0. The first kappa shape index (κ1) is 21.8. The van der Waals surface area contributed by atoms with Gasteiger partial charge in [0.05, 0.1) is 23.3 Å². The average molecular weight is 444 g/mol. The highest BCUT2D eigenvalue weighted by Crippen LogP contribution is 2.31. The number of anilines is 2. The number of carbonyl (C=O) groups excluding carboxylic acids is 1. The maximum atomic E-state index is 14.6. The van der Waals surface area contributed by atoms with E-state index in [9.17, 15) is 18.0 Å². The van der Waals surface area contributed by atoms with Gasteiger partial charge in [0.1, 0.15) is 23.3 Å². The van der Waals surface area contributed by atoms with Crippen LogP contribution in [0.25, 0.3) is 10.9 Å². The predicted octanol–water partition coefficient (Wildman–Crippen LogP) is 3.86. The summed E-state index contributed by atoms with van der Waals surface area (Å²) in [5.74, 6) is 0.769. The second-order valence-electron chi connectivity index (χ2n) is 7.72. The molecule has 10 heteroatoms. The van der Waals surface area contributed by atoms with Crippen molar-refractivity contribution in [3.05, 3.63) is 53.2 Å². The second-order valence-corrected chi connectivity index (χ2v) is 7.72. The maximum Gasteiger partial charge on any atom is 0.266 e. The summed E-state index contributed by atoms with van der Waals surface area (Å²) in [5.41, 5.74) is 0.122. The van der Waals surface area contributed by atoms with Crippen LogP contribution >= 0.6 is 0 Å². The topological polar surface area (TPSA) is 74.2 Å². The molecule has 0 spiro atoms. The van der Waals surface area contributed by atoms with E-state index < -0.39 is 23.8 Å². The predicted molar refractivity (Wildman–Crippen MR) is 115 cm³/mol. The molecule has 0 saturated carbocycles. The first-order chi connectivity index (χ1) is 15.4. The molecule has 1 N–H and O–H groups in total. The van der Waals surface area contributed by atoms with E-state index in [1.807, 2.05) is 6.07 Å². The number of aryl methyl sites for hydroxylation is 1. The van der Waals surface area contributed by atoms with E-state index in [0.717, 1.165) is 18.3 Å². The molecule has 1 saturated heterocycles. The Morgan fingerprint density at radius 3 is 2.53 bits per heavy atom. The SMILES string of the molecule is Cc1nc(N[C@H](C)c2cccc(C(F)F)c2F)c2cc(N3CCN(C=O)CC3)ncc2n1. The number of alkyl halides is 2. The van der Waals surface area contributed by atoms with Gasteiger partial charge in [0, 0.05) is 37.1 Å². The zero-order valence-electron chi connectivity index (χ0n) is 17.7. The van der Waals surface area contributed by atoms with Crippen molar-refractivity contribution >= 4 is 28.9 Å². The van der Waals surface area contributed by atoms with Gasteiger partial charge in [-0.2, -0.15) is 0 Å². The minimum absolute atomic E-state index is 0.131. The van der Waals surface area contributed by atoms with Gasteiger partial charge in [-0.3, -0.25) is 4.79 Å². The minimum Gasteiger partial charge on any atom is -0.363 e. The lowest BCUT2D eigenvalue weighted by Gasteiger charge is -2.33. The van der Waals surface area contributed by atoms with Crippen LogP contribution in [0.1, 0.15) is 36.3 Å². The summed E-state index contributed by atoms with van der Waals surface area (Å²) < 4.78 is 40.9. The Kier molecular flexibility index (Phi) is 6.11. The van der Waals surface area contributed by atoms with Crippen molar-refractivity contribution in [3.63, 3.8) is 0 Å². The van der Waals surface area contributed by atoms with E-state index in [-0.39, 0.29) is 5.56 Å². The Balaban J connectivity index is 1.66. The maximum absolute atomic E-state index is 14.6. The summed E-state index contributed by atoms with van der Waals surface area (Å²) in [6.07, 6.45) is -0.398. The lowest BCUT2D eigenvalue weighted by Crippen LogP contribution is -2.46. The van der Waals surface area contributed by atoms with Gasteiger partial charge in [0.2, 0.25) is 6.41 Å². The van der Waals surface area contributed by atoms with Gasteiger partial charge in [-0.25, -0.2) is 28.1 Å². The number of hydrogen-bond acceptors (Lipinski definition) is 6. The Morgan fingerprint density at radius 1 is 1.12 bits per heavy atom. The van der Waals surface area contributed by atoms with Crippen LogP contribution in [0.15, 0.2) is 30.5 Å². The molecule has 1 atom stereocenters. The highest BCUT2D eigenvalue weighted by atomic mass is 19.3. The molecule has 7 nitrogen and oxygen atoms in total. The Bertz CT molecular complexity index is 1130. The van der Waals surface area contributed by atoms with Gasteiger partial charge >= 0.3 is 0 Å². The molecule has 1 amide bonds. The van der Waals surface area contributed by atoms with Crippen LogP contribution in [0.5, 0.6) is 0 Å². The van der Waals surface area contributed by atoms with Crippen molar-refractivity contribution < 1.29 is 18.0 Å². The number of hydrogen-bond donors (Lipinski definition) is 1. The minimum atomic E-state index is -2.89. The van der Waals surface area contributed by atoms with Crippen LogP contribution in [0.2, 0.25) is 0 Å². The summed E-state index contributed by atoms with van der Waals surface area (Å²) >= 11 is 0. The fourth-order valence-corrected chi connectivity index (χ4v) is 3.83. The molecule has 32 heavy (non-hydrogen) atoms. The fraction of sp³-hybridized carbons (Fsp3) is 0.364. The lowest BCUT2D eigenvalue weighted by atomic mass is 10.0. The van der Waals surface area contributed by atoms with Gasteiger partial charge in [-0.05, 0) is 19.9 Å². The van der Waals surface area contributed by atoms with Gasteiger partial charge in [-0.1, -0.05) is 18.2 Å². The molecular formula is C22H23F3N6O. The third-order valence-electron chi connectivity index (χ3n) is 5.58. The molecule has 1 aliphatic rings. The molecule has 1 aliphatic heterocycles. The number of benzene rings is 1. The highest BCUT2D eigenvalue weighted by Gasteiger charge is 2.21. The smallest absolute Gasteiger partial charge is 0.266 e. The number of aromatic nitrogens is 3. The number of nitrogens with zero attached hydrogens (tertiary/aromatic N) is 5. The molecule has 2 aromatic heterocycles. The molecule has 4 rings (SSSR count). The van der Waals surface area contributed by atoms with Crippen molar-refractivity contribution in [2.24, 2.45) is 0 Å². The van der Waals surface area contributed by atoms with Crippen LogP contribution in [-0.2, 0) is 4.79 Å². The van der Waals surface area contributed by atoms with Crippen LogP contribution in [0.4, 0.5) is 24.8 Å². The zero-order valence-corrected chi connectivity index (χ0v) is 17.7. The number of nitrogens with one attached hydrogen (secondary N) is 1. The molecule has 1 fully saturated rings. The van der Waals surface area contributed by atoms with Crippen molar-refractivity contribution in [3.8, 4) is 0 Å². The zero-order chi connectivity index (χ0) is 22.8. The molecule has 1 aromatic carbocycles. The van der Waals surface area contributed by atoms with Gasteiger partial charge in [0.15, 0.2) is 0 Å². The summed E-state index contributed by atoms with van der Waals surface area (Å²) in [6.45, 7) is 5.94. The van der Waals surface area contributed by atoms with E-state index in [0.29, 0.717) is 48.7 Å². The van der Waals surface area contributed by atoms with Crippen LogP contribution in [0.3, 0.4) is 0 Å². The molecule has 0 aliphatic carbocycles. The number of carbonyl (C=O) groups is 1. The Hall–Kier alpha value is -3.43. The average Bonchev–Trinajstić information content (AvgIpc) is 2.78. The molecule has 0 radical (unpaired) electrons. The standard InChI is InChI=1S/C22H23F3N6O/c1-13(15-4-3-5-16(20(15)23)21(24)25)27-22-17-10-19(26-11-18(17)28-14(2)29-22)31-8-6-30(12-32)7-9-31/h3-5,10-13,21H,6-9H2,1-2H3,(H,27,28,29)/t13-/m1/s1. The van der Waals surface area contributed by atoms with Crippen LogP contribution in [-0.4, -0.2) is 52.4 Å². The van der Waals surface area contributed by atoms with E-state index in [4.69, 9.17) is 0 Å². The largest absolute Gasteiger partial charge is 0.363 e. The van der Waals surface area contributed by atoms with Crippen molar-refractivity contribution in [1.29, 1.82) is 0 Å². The summed E-state index contributed by atoms with van der Waals surface area (Å²) in [5, 5.41) is 3.85. The van der Waals surface area contributed by atoms with E-state index in [2.05, 4.69) is 25.2 Å². The van der Waals surface area contributed by atoms with Gasteiger partial charge < -0.3 is 15.1 Å². The summed E-state index contributed by atoms with van der Waals surface area (Å²) in [4.78, 5) is 28.1. The molecule has 3 aromatic rings.